The summed E-state index contributed by atoms with van der Waals surface area (Å²) in [5.74, 6) is -0.434. The molecular formula is C36H30N4O4S. The summed E-state index contributed by atoms with van der Waals surface area (Å²) >= 11 is 1.36. The Bertz CT molecular complexity index is 1780. The lowest BCUT2D eigenvalue weighted by atomic mass is 10.1. The molecule has 0 aliphatic heterocycles. The number of aromatic nitrogens is 1. The highest BCUT2D eigenvalue weighted by molar-refractivity contribution is 8.00. The SMILES string of the molecule is COc1ccc(NC(=O)C(Sc2cccc(NC(=O)/C(=C/c3cccnc3)NC(=O)c3ccccc3)c2)c2ccccc2)cc1. The van der Waals surface area contributed by atoms with Crippen LogP contribution < -0.4 is 20.7 Å². The number of methoxy groups -OCH3 is 1. The van der Waals surface area contributed by atoms with E-state index in [0.717, 1.165) is 10.5 Å². The number of hydrogen-bond acceptors (Lipinski definition) is 6. The summed E-state index contributed by atoms with van der Waals surface area (Å²) in [4.78, 5) is 44.8. The standard InChI is InChI=1S/C36H30N4O4S/c1-44-30-19-17-28(18-20-30)38-36(43)33(26-11-4-2-5-12-26)45-31-16-8-15-29(23-31)39-35(42)32(22-25-10-9-21-37-24-25)40-34(41)27-13-6-3-7-14-27/h2-24,33H,1H3,(H,38,43)(H,39,42)(H,40,41)/b32-22-. The van der Waals surface area contributed by atoms with E-state index in [1.165, 1.54) is 11.8 Å². The molecule has 5 rings (SSSR count). The number of nitrogens with zero attached hydrogens (tertiary/aromatic N) is 1. The first-order valence-corrected chi connectivity index (χ1v) is 14.9. The number of rotatable bonds is 11. The lowest BCUT2D eigenvalue weighted by Gasteiger charge is -2.18. The van der Waals surface area contributed by atoms with Gasteiger partial charge >= 0.3 is 0 Å². The molecule has 1 heterocycles. The van der Waals surface area contributed by atoms with Crippen molar-refractivity contribution in [2.75, 3.05) is 17.7 Å². The van der Waals surface area contributed by atoms with Crippen LogP contribution in [0.5, 0.6) is 5.75 Å². The van der Waals surface area contributed by atoms with Crippen molar-refractivity contribution >= 4 is 46.9 Å². The molecule has 0 radical (unpaired) electrons. The Morgan fingerprint density at radius 3 is 2.20 bits per heavy atom. The highest BCUT2D eigenvalue weighted by atomic mass is 32.2. The molecule has 45 heavy (non-hydrogen) atoms. The Morgan fingerprint density at radius 1 is 0.778 bits per heavy atom. The van der Waals surface area contributed by atoms with E-state index in [1.807, 2.05) is 42.5 Å². The van der Waals surface area contributed by atoms with Crippen LogP contribution in [0.25, 0.3) is 6.08 Å². The van der Waals surface area contributed by atoms with Crippen molar-refractivity contribution in [3.8, 4) is 5.75 Å². The molecule has 9 heteroatoms. The first-order chi connectivity index (χ1) is 22.0. The van der Waals surface area contributed by atoms with Crippen LogP contribution in [0.15, 0.2) is 144 Å². The van der Waals surface area contributed by atoms with Gasteiger partial charge in [0.15, 0.2) is 0 Å². The number of thioether (sulfide) groups is 1. The van der Waals surface area contributed by atoms with Crippen LogP contribution in [-0.4, -0.2) is 29.8 Å². The Morgan fingerprint density at radius 2 is 1.51 bits per heavy atom. The van der Waals surface area contributed by atoms with Crippen LogP contribution in [0.1, 0.15) is 26.7 Å². The van der Waals surface area contributed by atoms with E-state index in [4.69, 9.17) is 4.74 Å². The first kappa shape index (κ1) is 30.8. The van der Waals surface area contributed by atoms with Gasteiger partial charge in [-0.25, -0.2) is 0 Å². The molecule has 0 aliphatic rings. The minimum atomic E-state index is -0.578. The Balaban J connectivity index is 1.35. The van der Waals surface area contributed by atoms with Crippen molar-refractivity contribution < 1.29 is 19.1 Å². The fraction of sp³-hybridized carbons (Fsp3) is 0.0556. The van der Waals surface area contributed by atoms with Crippen LogP contribution >= 0.6 is 11.8 Å². The van der Waals surface area contributed by atoms with Gasteiger partial charge in [-0.1, -0.05) is 60.7 Å². The van der Waals surface area contributed by atoms with Gasteiger partial charge in [0.25, 0.3) is 11.8 Å². The molecule has 4 aromatic carbocycles. The van der Waals surface area contributed by atoms with E-state index in [0.29, 0.717) is 28.3 Å². The maximum atomic E-state index is 13.5. The zero-order valence-corrected chi connectivity index (χ0v) is 25.2. The van der Waals surface area contributed by atoms with Crippen molar-refractivity contribution in [1.82, 2.24) is 10.3 Å². The van der Waals surface area contributed by atoms with Gasteiger partial charge in [0, 0.05) is 34.2 Å². The quantitative estimate of drug-likeness (QED) is 0.110. The van der Waals surface area contributed by atoms with Gasteiger partial charge in [-0.3, -0.25) is 19.4 Å². The molecule has 8 nitrogen and oxygen atoms in total. The van der Waals surface area contributed by atoms with Gasteiger partial charge in [0.2, 0.25) is 5.91 Å². The molecule has 0 fully saturated rings. The highest BCUT2D eigenvalue weighted by Gasteiger charge is 2.23. The largest absolute Gasteiger partial charge is 0.497 e. The Hall–Kier alpha value is -5.67. The summed E-state index contributed by atoms with van der Waals surface area (Å²) < 4.78 is 5.22. The second-order valence-electron chi connectivity index (χ2n) is 9.77. The van der Waals surface area contributed by atoms with Crippen LogP contribution in [0.3, 0.4) is 0 Å². The van der Waals surface area contributed by atoms with Crippen molar-refractivity contribution in [2.45, 2.75) is 10.1 Å². The van der Waals surface area contributed by atoms with E-state index in [9.17, 15) is 14.4 Å². The monoisotopic (exact) mass is 614 g/mol. The van der Waals surface area contributed by atoms with E-state index in [-0.39, 0.29) is 11.6 Å². The third kappa shape index (κ3) is 8.68. The Labute approximate surface area is 265 Å². The minimum Gasteiger partial charge on any atom is -0.497 e. The van der Waals surface area contributed by atoms with E-state index >= 15 is 0 Å². The van der Waals surface area contributed by atoms with Gasteiger partial charge in [0.05, 0.1) is 7.11 Å². The number of pyridine rings is 1. The Kier molecular flexibility index (Phi) is 10.4. The molecule has 0 aliphatic carbocycles. The number of ether oxygens (including phenoxy) is 1. The van der Waals surface area contributed by atoms with Crippen molar-refractivity contribution in [3.05, 3.63) is 156 Å². The molecule has 0 saturated heterocycles. The third-order valence-corrected chi connectivity index (χ3v) is 7.82. The molecule has 0 spiro atoms. The van der Waals surface area contributed by atoms with E-state index < -0.39 is 17.1 Å². The predicted molar refractivity (Wildman–Crippen MR) is 178 cm³/mol. The van der Waals surface area contributed by atoms with Crippen LogP contribution in [-0.2, 0) is 9.59 Å². The summed E-state index contributed by atoms with van der Waals surface area (Å²) in [5.41, 5.74) is 3.09. The molecule has 1 unspecified atom stereocenters. The molecule has 3 amide bonds. The number of benzene rings is 4. The van der Waals surface area contributed by atoms with Crippen molar-refractivity contribution in [2.24, 2.45) is 0 Å². The molecular weight excluding hydrogens is 584 g/mol. The first-order valence-electron chi connectivity index (χ1n) is 14.0. The number of amides is 3. The number of carbonyl (C=O) groups is 3. The normalized spacial score (nSPS) is 11.6. The van der Waals surface area contributed by atoms with Crippen molar-refractivity contribution in [3.63, 3.8) is 0 Å². The summed E-state index contributed by atoms with van der Waals surface area (Å²) in [6.07, 6.45) is 4.79. The molecule has 1 aromatic heterocycles. The predicted octanol–water partition coefficient (Wildman–Crippen LogP) is 6.97. The summed E-state index contributed by atoms with van der Waals surface area (Å²) in [6.45, 7) is 0. The van der Waals surface area contributed by atoms with E-state index in [1.54, 1.807) is 104 Å². The molecule has 3 N–H and O–H groups in total. The lowest BCUT2D eigenvalue weighted by molar-refractivity contribution is -0.116. The molecule has 0 saturated carbocycles. The second kappa shape index (κ2) is 15.2. The van der Waals surface area contributed by atoms with Gasteiger partial charge < -0.3 is 20.7 Å². The topological polar surface area (TPSA) is 109 Å². The minimum absolute atomic E-state index is 0.0518. The maximum absolute atomic E-state index is 13.5. The zero-order chi connectivity index (χ0) is 31.4. The summed E-state index contributed by atoms with van der Waals surface area (Å²) in [6, 6.07) is 36.0. The summed E-state index contributed by atoms with van der Waals surface area (Å²) in [7, 11) is 1.59. The van der Waals surface area contributed by atoms with Crippen LogP contribution in [0.2, 0.25) is 0 Å². The molecule has 5 aromatic rings. The van der Waals surface area contributed by atoms with Crippen molar-refractivity contribution in [1.29, 1.82) is 0 Å². The fourth-order valence-electron chi connectivity index (χ4n) is 4.34. The van der Waals surface area contributed by atoms with Gasteiger partial charge in [-0.05, 0) is 77.9 Å². The molecule has 224 valence electrons. The number of hydrogen-bond donors (Lipinski definition) is 3. The third-order valence-electron chi connectivity index (χ3n) is 6.57. The molecule has 1 atom stereocenters. The second-order valence-corrected chi connectivity index (χ2v) is 11.0. The number of nitrogens with one attached hydrogen (secondary N) is 3. The smallest absolute Gasteiger partial charge is 0.272 e. The number of carbonyl (C=O) groups excluding carboxylic acids is 3. The van der Waals surface area contributed by atoms with Gasteiger partial charge in [0.1, 0.15) is 16.7 Å². The van der Waals surface area contributed by atoms with Crippen LogP contribution in [0.4, 0.5) is 11.4 Å². The maximum Gasteiger partial charge on any atom is 0.272 e. The van der Waals surface area contributed by atoms with Crippen LogP contribution in [0, 0.1) is 0 Å². The zero-order valence-electron chi connectivity index (χ0n) is 24.3. The average molecular weight is 615 g/mol. The van der Waals surface area contributed by atoms with Gasteiger partial charge in [-0.2, -0.15) is 0 Å². The fourth-order valence-corrected chi connectivity index (χ4v) is 5.42. The number of anilines is 2. The van der Waals surface area contributed by atoms with Gasteiger partial charge in [-0.15, -0.1) is 11.8 Å². The summed E-state index contributed by atoms with van der Waals surface area (Å²) in [5, 5.41) is 8.03. The molecule has 0 bridgehead atoms. The average Bonchev–Trinajstić information content (AvgIpc) is 3.08. The van der Waals surface area contributed by atoms with E-state index in [2.05, 4.69) is 20.9 Å². The highest BCUT2D eigenvalue weighted by Crippen LogP contribution is 2.37. The lowest BCUT2D eigenvalue weighted by Crippen LogP contribution is -2.30.